The first kappa shape index (κ1) is 16.0. The number of carbonyl (C=O) groups excluding carboxylic acids is 1. The number of rotatable bonds is 5. The lowest BCUT2D eigenvalue weighted by molar-refractivity contribution is 0.102. The Balaban J connectivity index is 1.73. The van der Waals surface area contributed by atoms with Crippen molar-refractivity contribution in [2.75, 3.05) is 10.0 Å². The highest BCUT2D eigenvalue weighted by Crippen LogP contribution is 2.17. The Kier molecular flexibility index (Phi) is 4.49. The minimum Gasteiger partial charge on any atom is -0.321 e. The van der Waals surface area contributed by atoms with Gasteiger partial charge in [-0.1, -0.05) is 0 Å². The Morgan fingerprint density at radius 2 is 1.75 bits per heavy atom. The van der Waals surface area contributed by atoms with Crippen molar-refractivity contribution in [2.24, 2.45) is 0 Å². The molecule has 3 rings (SSSR count). The molecule has 3 aromatic rings. The highest BCUT2D eigenvalue weighted by Gasteiger charge is 2.16. The zero-order chi connectivity index (χ0) is 17.0. The highest BCUT2D eigenvalue weighted by atomic mass is 32.2. The van der Waals surface area contributed by atoms with Gasteiger partial charge in [-0.2, -0.15) is 0 Å². The molecule has 24 heavy (non-hydrogen) atoms. The van der Waals surface area contributed by atoms with Crippen molar-refractivity contribution in [2.45, 2.75) is 4.90 Å². The lowest BCUT2D eigenvalue weighted by atomic mass is 10.3. The maximum absolute atomic E-state index is 12.2. The van der Waals surface area contributed by atoms with Crippen LogP contribution in [0, 0.1) is 0 Å². The van der Waals surface area contributed by atoms with Crippen molar-refractivity contribution < 1.29 is 13.2 Å². The van der Waals surface area contributed by atoms with Gasteiger partial charge < -0.3 is 5.32 Å². The first-order chi connectivity index (χ1) is 11.5. The smallest absolute Gasteiger partial charge is 0.275 e. The molecule has 8 nitrogen and oxygen atoms in total. The third kappa shape index (κ3) is 3.73. The van der Waals surface area contributed by atoms with E-state index in [1.165, 1.54) is 48.0 Å². The summed E-state index contributed by atoms with van der Waals surface area (Å²) in [6, 6.07) is 7.32. The van der Waals surface area contributed by atoms with Crippen LogP contribution in [0.3, 0.4) is 0 Å². The fourth-order valence-corrected chi connectivity index (χ4v) is 3.26. The van der Waals surface area contributed by atoms with Gasteiger partial charge in [-0.25, -0.2) is 28.1 Å². The Morgan fingerprint density at radius 1 is 1.04 bits per heavy atom. The second-order valence-corrected chi connectivity index (χ2v) is 6.93. The molecular formula is C14H11N5O3S2. The molecule has 2 heterocycles. The number of thiazole rings is 1. The largest absolute Gasteiger partial charge is 0.321 e. The minimum atomic E-state index is -3.80. The number of aromatic nitrogens is 3. The van der Waals surface area contributed by atoms with Gasteiger partial charge in [0, 0.05) is 23.5 Å². The van der Waals surface area contributed by atoms with Crippen molar-refractivity contribution in [3.05, 3.63) is 59.3 Å². The number of nitrogens with one attached hydrogen (secondary N) is 2. The number of hydrogen-bond donors (Lipinski definition) is 2. The lowest BCUT2D eigenvalue weighted by Crippen LogP contribution is -2.15. The fourth-order valence-electron chi connectivity index (χ4n) is 1.77. The van der Waals surface area contributed by atoms with E-state index < -0.39 is 10.0 Å². The molecule has 0 fully saturated rings. The minimum absolute atomic E-state index is 0.0154. The van der Waals surface area contributed by atoms with Crippen LogP contribution in [0.5, 0.6) is 0 Å². The van der Waals surface area contributed by atoms with E-state index in [1.54, 1.807) is 17.0 Å². The Morgan fingerprint density at radius 3 is 2.38 bits per heavy atom. The quantitative estimate of drug-likeness (QED) is 0.718. The second kappa shape index (κ2) is 6.72. The first-order valence-corrected chi connectivity index (χ1v) is 9.07. The van der Waals surface area contributed by atoms with Gasteiger partial charge in [-0.15, -0.1) is 11.3 Å². The van der Waals surface area contributed by atoms with Gasteiger partial charge in [0.1, 0.15) is 5.69 Å². The van der Waals surface area contributed by atoms with Crippen LogP contribution in [0.25, 0.3) is 0 Å². The van der Waals surface area contributed by atoms with E-state index in [0.717, 1.165) is 0 Å². The summed E-state index contributed by atoms with van der Waals surface area (Å²) < 4.78 is 26.7. The van der Waals surface area contributed by atoms with E-state index in [1.807, 2.05) is 0 Å². The number of sulfonamides is 1. The average molecular weight is 361 g/mol. The normalized spacial score (nSPS) is 11.0. The van der Waals surface area contributed by atoms with E-state index in [-0.39, 0.29) is 16.8 Å². The number of carbonyl (C=O) groups is 1. The standard InChI is InChI=1S/C14H11N5O3S2/c20-13(12-8-23-9-17-12)18-10-2-4-11(5-3-10)24(21,22)19-14-15-6-1-7-16-14/h1-9H,(H,18,20)(H,15,16,19). The second-order valence-electron chi connectivity index (χ2n) is 4.53. The monoisotopic (exact) mass is 361 g/mol. The van der Waals surface area contributed by atoms with Crippen LogP contribution in [-0.2, 0) is 10.0 Å². The summed E-state index contributed by atoms with van der Waals surface area (Å²) >= 11 is 1.31. The number of amides is 1. The molecule has 0 spiro atoms. The van der Waals surface area contributed by atoms with Gasteiger partial charge >= 0.3 is 0 Å². The van der Waals surface area contributed by atoms with Crippen LogP contribution < -0.4 is 10.0 Å². The van der Waals surface area contributed by atoms with E-state index in [9.17, 15) is 13.2 Å². The van der Waals surface area contributed by atoms with Crippen molar-refractivity contribution in [3.63, 3.8) is 0 Å². The molecule has 0 aliphatic carbocycles. The summed E-state index contributed by atoms with van der Waals surface area (Å²) in [6.45, 7) is 0. The van der Waals surface area contributed by atoms with Crippen LogP contribution in [0.4, 0.5) is 11.6 Å². The summed E-state index contributed by atoms with van der Waals surface area (Å²) in [6.07, 6.45) is 2.86. The lowest BCUT2D eigenvalue weighted by Gasteiger charge is -2.07. The van der Waals surface area contributed by atoms with Crippen molar-refractivity contribution in [1.29, 1.82) is 0 Å². The highest BCUT2D eigenvalue weighted by molar-refractivity contribution is 7.92. The zero-order valence-electron chi connectivity index (χ0n) is 12.1. The SMILES string of the molecule is O=C(Nc1ccc(S(=O)(=O)Nc2ncccn2)cc1)c1cscn1. The topological polar surface area (TPSA) is 114 Å². The number of nitrogens with zero attached hydrogens (tertiary/aromatic N) is 3. The molecule has 0 aliphatic heterocycles. The molecule has 1 aromatic carbocycles. The van der Waals surface area contributed by atoms with Gasteiger partial charge in [-0.3, -0.25) is 4.79 Å². The van der Waals surface area contributed by atoms with Gasteiger partial charge in [-0.05, 0) is 30.3 Å². The maximum Gasteiger partial charge on any atom is 0.275 e. The Labute approximate surface area is 141 Å². The van der Waals surface area contributed by atoms with Crippen LogP contribution in [0.15, 0.2) is 58.5 Å². The Hall–Kier alpha value is -2.85. The summed E-state index contributed by atoms with van der Waals surface area (Å²) in [5, 5.41) is 4.26. The van der Waals surface area contributed by atoms with Crippen LogP contribution in [-0.4, -0.2) is 29.3 Å². The zero-order valence-corrected chi connectivity index (χ0v) is 13.7. The molecule has 0 aliphatic rings. The number of anilines is 2. The van der Waals surface area contributed by atoms with Crippen molar-refractivity contribution in [3.8, 4) is 0 Å². The molecule has 0 saturated carbocycles. The summed E-state index contributed by atoms with van der Waals surface area (Å²) in [7, 11) is -3.80. The molecule has 0 atom stereocenters. The third-order valence-corrected chi connectivity index (χ3v) is 4.81. The molecule has 122 valence electrons. The molecule has 0 saturated heterocycles. The molecule has 10 heteroatoms. The summed E-state index contributed by atoms with van der Waals surface area (Å²) in [5.74, 6) is -0.374. The van der Waals surface area contributed by atoms with Gasteiger partial charge in [0.05, 0.1) is 10.4 Å². The van der Waals surface area contributed by atoms with Crippen LogP contribution in [0.1, 0.15) is 10.5 Å². The fraction of sp³-hybridized carbons (Fsp3) is 0. The van der Waals surface area contributed by atoms with E-state index in [4.69, 9.17) is 0 Å². The number of benzene rings is 1. The molecule has 0 radical (unpaired) electrons. The molecule has 2 N–H and O–H groups in total. The molecule has 2 aromatic heterocycles. The van der Waals surface area contributed by atoms with E-state index >= 15 is 0 Å². The predicted octanol–water partition coefficient (Wildman–Crippen LogP) is 1.99. The van der Waals surface area contributed by atoms with Gasteiger partial charge in [0.15, 0.2) is 0 Å². The van der Waals surface area contributed by atoms with Crippen LogP contribution >= 0.6 is 11.3 Å². The van der Waals surface area contributed by atoms with E-state index in [0.29, 0.717) is 11.4 Å². The molecule has 0 unspecified atom stereocenters. The maximum atomic E-state index is 12.2. The number of hydrogen-bond acceptors (Lipinski definition) is 7. The van der Waals surface area contributed by atoms with Crippen molar-refractivity contribution >= 4 is 38.9 Å². The molecular weight excluding hydrogens is 350 g/mol. The van der Waals surface area contributed by atoms with Crippen molar-refractivity contribution in [1.82, 2.24) is 15.0 Å². The van der Waals surface area contributed by atoms with E-state index in [2.05, 4.69) is 25.0 Å². The van der Waals surface area contributed by atoms with Crippen LogP contribution in [0.2, 0.25) is 0 Å². The Bertz CT molecular complexity index is 926. The average Bonchev–Trinajstić information content (AvgIpc) is 3.10. The first-order valence-electron chi connectivity index (χ1n) is 6.64. The third-order valence-electron chi connectivity index (χ3n) is 2.88. The molecule has 0 bridgehead atoms. The van der Waals surface area contributed by atoms with Gasteiger partial charge in [0.25, 0.3) is 15.9 Å². The van der Waals surface area contributed by atoms with Gasteiger partial charge in [0.2, 0.25) is 5.95 Å². The molecule has 1 amide bonds. The summed E-state index contributed by atoms with van der Waals surface area (Å²) in [5.41, 5.74) is 2.32. The predicted molar refractivity (Wildman–Crippen MR) is 89.3 cm³/mol. The summed E-state index contributed by atoms with van der Waals surface area (Å²) in [4.78, 5) is 23.4.